The average Bonchev–Trinajstić information content (AvgIpc) is 3.05. The smallest absolute Gasteiger partial charge is 0.289 e. The topological polar surface area (TPSA) is 53.7 Å². The molecule has 4 nitrogen and oxygen atoms in total. The first kappa shape index (κ1) is 19.6. The van der Waals surface area contributed by atoms with E-state index >= 15 is 0 Å². The van der Waals surface area contributed by atoms with Crippen molar-refractivity contribution in [3.63, 3.8) is 0 Å². The third kappa shape index (κ3) is 3.79. The normalized spacial score (nSPS) is 19.7. The highest BCUT2D eigenvalue weighted by Crippen LogP contribution is 2.35. The van der Waals surface area contributed by atoms with Crippen LogP contribution in [0.3, 0.4) is 0 Å². The molecule has 0 radical (unpaired) electrons. The Labute approximate surface area is 169 Å². The second kappa shape index (κ2) is 7.64. The fourth-order valence-corrected chi connectivity index (χ4v) is 4.43. The van der Waals surface area contributed by atoms with Crippen LogP contribution in [0.2, 0.25) is 0 Å². The van der Waals surface area contributed by atoms with Crippen LogP contribution in [0.15, 0.2) is 46.9 Å². The van der Waals surface area contributed by atoms with Gasteiger partial charge in [-0.15, -0.1) is 0 Å². The molecule has 2 heterocycles. The van der Waals surface area contributed by atoms with Gasteiger partial charge in [-0.05, 0) is 62.4 Å². The van der Waals surface area contributed by atoms with Crippen LogP contribution in [-0.2, 0) is 6.42 Å². The molecule has 1 amide bonds. The molecule has 0 saturated carbocycles. The summed E-state index contributed by atoms with van der Waals surface area (Å²) in [5, 5.41) is 11.1. The first-order valence-electron chi connectivity index (χ1n) is 10.1. The van der Waals surface area contributed by atoms with E-state index in [1.807, 2.05) is 32.0 Å². The van der Waals surface area contributed by atoms with Gasteiger partial charge in [-0.3, -0.25) is 4.79 Å². The molecule has 1 fully saturated rings. The third-order valence-corrected chi connectivity index (χ3v) is 6.06. The zero-order valence-corrected chi connectivity index (χ0v) is 16.9. The molecule has 0 aliphatic carbocycles. The molecule has 1 saturated heterocycles. The lowest BCUT2D eigenvalue weighted by molar-refractivity contribution is 0.0253. The van der Waals surface area contributed by atoms with E-state index in [1.165, 1.54) is 12.1 Å². The lowest BCUT2D eigenvalue weighted by Crippen LogP contribution is -2.49. The van der Waals surface area contributed by atoms with Gasteiger partial charge < -0.3 is 14.4 Å². The summed E-state index contributed by atoms with van der Waals surface area (Å²) in [4.78, 5) is 15.1. The van der Waals surface area contributed by atoms with Crippen LogP contribution in [0.1, 0.15) is 40.1 Å². The maximum Gasteiger partial charge on any atom is 0.289 e. The summed E-state index contributed by atoms with van der Waals surface area (Å²) in [5.41, 5.74) is 3.20. The number of rotatable bonds is 4. The molecule has 4 rings (SSSR count). The minimum absolute atomic E-state index is 0.0214. The van der Waals surface area contributed by atoms with E-state index in [0.29, 0.717) is 25.3 Å². The second-order valence-electron chi connectivity index (χ2n) is 8.35. The molecular weight excluding hydrogens is 369 g/mol. The largest absolute Gasteiger partial charge is 0.451 e. The van der Waals surface area contributed by atoms with Crippen molar-refractivity contribution in [2.75, 3.05) is 19.7 Å². The minimum atomic E-state index is -0.428. The monoisotopic (exact) mass is 395 g/mol. The van der Waals surface area contributed by atoms with Crippen LogP contribution in [0.5, 0.6) is 0 Å². The molecular formula is C24H26FNO3. The van der Waals surface area contributed by atoms with Crippen molar-refractivity contribution in [2.45, 2.75) is 33.1 Å². The number of aryl methyl sites for hydroxylation is 2. The summed E-state index contributed by atoms with van der Waals surface area (Å²) in [5.74, 6) is -0.0306. The van der Waals surface area contributed by atoms with E-state index in [-0.39, 0.29) is 18.3 Å². The van der Waals surface area contributed by atoms with E-state index in [1.54, 1.807) is 17.0 Å². The molecule has 5 heteroatoms. The number of aliphatic hydroxyl groups excluding tert-OH is 1. The maximum absolute atomic E-state index is 13.3. The van der Waals surface area contributed by atoms with Gasteiger partial charge in [0, 0.05) is 29.5 Å². The predicted molar refractivity (Wildman–Crippen MR) is 110 cm³/mol. The quantitative estimate of drug-likeness (QED) is 0.700. The van der Waals surface area contributed by atoms with Gasteiger partial charge in [0.25, 0.3) is 5.91 Å². The van der Waals surface area contributed by atoms with Crippen molar-refractivity contribution >= 4 is 16.9 Å². The summed E-state index contributed by atoms with van der Waals surface area (Å²) in [6, 6.07) is 12.3. The van der Waals surface area contributed by atoms with Crippen molar-refractivity contribution in [2.24, 2.45) is 5.41 Å². The van der Waals surface area contributed by atoms with Crippen molar-refractivity contribution < 1.29 is 18.7 Å². The summed E-state index contributed by atoms with van der Waals surface area (Å²) in [7, 11) is 0. The highest BCUT2D eigenvalue weighted by Gasteiger charge is 2.38. The molecule has 1 aliphatic rings. The molecule has 0 bridgehead atoms. The third-order valence-electron chi connectivity index (χ3n) is 6.06. The van der Waals surface area contributed by atoms with Gasteiger partial charge in [0.15, 0.2) is 5.76 Å². The maximum atomic E-state index is 13.3. The highest BCUT2D eigenvalue weighted by atomic mass is 19.1. The summed E-state index contributed by atoms with van der Waals surface area (Å²) in [6.07, 6.45) is 2.24. The standard InChI is InChI=1S/C24H26FNO3/c1-16-4-9-20-17(2)22(29-21(20)12-16)23(28)26-11-3-10-24(14-26,15-27)13-18-5-7-19(25)8-6-18/h4-9,12,27H,3,10-11,13-15H2,1-2H3. The molecule has 0 spiro atoms. The number of carbonyl (C=O) groups excluding carboxylic acids is 1. The highest BCUT2D eigenvalue weighted by molar-refractivity contribution is 5.99. The number of hydrogen-bond donors (Lipinski definition) is 1. The first-order valence-corrected chi connectivity index (χ1v) is 10.1. The van der Waals surface area contributed by atoms with Gasteiger partial charge in [0.1, 0.15) is 11.4 Å². The zero-order valence-electron chi connectivity index (χ0n) is 16.9. The van der Waals surface area contributed by atoms with Gasteiger partial charge in [-0.25, -0.2) is 4.39 Å². The second-order valence-corrected chi connectivity index (χ2v) is 8.35. The number of likely N-dealkylation sites (tertiary alicyclic amines) is 1. The minimum Gasteiger partial charge on any atom is -0.451 e. The number of fused-ring (bicyclic) bond motifs is 1. The van der Waals surface area contributed by atoms with E-state index in [4.69, 9.17) is 4.42 Å². The number of benzene rings is 2. The Balaban J connectivity index is 1.59. The first-order chi connectivity index (χ1) is 13.9. The molecule has 1 unspecified atom stereocenters. The van der Waals surface area contributed by atoms with E-state index < -0.39 is 5.41 Å². The lowest BCUT2D eigenvalue weighted by Gasteiger charge is -2.41. The molecule has 1 aliphatic heterocycles. The lowest BCUT2D eigenvalue weighted by atomic mass is 9.75. The summed E-state index contributed by atoms with van der Waals surface area (Å²) in [6.45, 7) is 4.98. The zero-order chi connectivity index (χ0) is 20.6. The molecule has 1 atom stereocenters. The van der Waals surface area contributed by atoms with Gasteiger partial charge >= 0.3 is 0 Å². The van der Waals surface area contributed by atoms with Crippen molar-refractivity contribution in [3.05, 3.63) is 70.7 Å². The number of amides is 1. The number of hydrogen-bond acceptors (Lipinski definition) is 3. The number of furan rings is 1. The fraction of sp³-hybridized carbons (Fsp3) is 0.375. The molecule has 1 N–H and O–H groups in total. The van der Waals surface area contributed by atoms with Crippen molar-refractivity contribution in [1.29, 1.82) is 0 Å². The Hall–Kier alpha value is -2.66. The fourth-order valence-electron chi connectivity index (χ4n) is 4.43. The van der Waals surface area contributed by atoms with Gasteiger partial charge in [-0.2, -0.15) is 0 Å². The Morgan fingerprint density at radius 2 is 1.97 bits per heavy atom. The Morgan fingerprint density at radius 1 is 1.21 bits per heavy atom. The van der Waals surface area contributed by atoms with Crippen LogP contribution in [0, 0.1) is 25.1 Å². The number of piperidine rings is 1. The summed E-state index contributed by atoms with van der Waals surface area (Å²) >= 11 is 0. The van der Waals surface area contributed by atoms with E-state index in [9.17, 15) is 14.3 Å². The Kier molecular flexibility index (Phi) is 5.17. The average molecular weight is 395 g/mol. The molecule has 29 heavy (non-hydrogen) atoms. The Bertz CT molecular complexity index is 1040. The molecule has 152 valence electrons. The van der Waals surface area contributed by atoms with Crippen LogP contribution in [0.25, 0.3) is 11.0 Å². The Morgan fingerprint density at radius 3 is 2.69 bits per heavy atom. The van der Waals surface area contributed by atoms with E-state index in [2.05, 4.69) is 0 Å². The van der Waals surface area contributed by atoms with Crippen molar-refractivity contribution in [3.8, 4) is 0 Å². The molecule has 1 aromatic heterocycles. The van der Waals surface area contributed by atoms with Crippen LogP contribution in [0.4, 0.5) is 4.39 Å². The van der Waals surface area contributed by atoms with Gasteiger partial charge in [0.2, 0.25) is 0 Å². The molecule has 3 aromatic rings. The van der Waals surface area contributed by atoms with Gasteiger partial charge in [-0.1, -0.05) is 24.3 Å². The summed E-state index contributed by atoms with van der Waals surface area (Å²) < 4.78 is 19.2. The van der Waals surface area contributed by atoms with Crippen LogP contribution >= 0.6 is 0 Å². The number of aliphatic hydroxyl groups is 1. The predicted octanol–water partition coefficient (Wildman–Crippen LogP) is 4.65. The van der Waals surface area contributed by atoms with E-state index in [0.717, 1.165) is 40.5 Å². The number of carbonyl (C=O) groups is 1. The number of nitrogens with zero attached hydrogens (tertiary/aromatic N) is 1. The van der Waals surface area contributed by atoms with Crippen LogP contribution in [-0.4, -0.2) is 35.6 Å². The molecule has 2 aromatic carbocycles. The van der Waals surface area contributed by atoms with Crippen molar-refractivity contribution in [1.82, 2.24) is 4.90 Å². The number of halogens is 1. The van der Waals surface area contributed by atoms with Gasteiger partial charge in [0.05, 0.1) is 6.61 Å². The van der Waals surface area contributed by atoms with Crippen LogP contribution < -0.4 is 0 Å². The SMILES string of the molecule is Cc1ccc2c(C)c(C(=O)N3CCCC(CO)(Cc4ccc(F)cc4)C3)oc2c1.